The zero-order valence-corrected chi connectivity index (χ0v) is 8.48. The summed E-state index contributed by atoms with van der Waals surface area (Å²) in [4.78, 5) is 12.1. The minimum atomic E-state index is -0.870. The lowest BCUT2D eigenvalue weighted by molar-refractivity contribution is -0.0249. The van der Waals surface area contributed by atoms with Crippen LogP contribution in [0.3, 0.4) is 0 Å². The number of ether oxygens (including phenoxy) is 1. The van der Waals surface area contributed by atoms with E-state index in [1.54, 1.807) is 0 Å². The summed E-state index contributed by atoms with van der Waals surface area (Å²) in [7, 11) is 0. The Hall–Kier alpha value is -0.810. The molecule has 0 unspecified atom stereocenters. The lowest BCUT2D eigenvalue weighted by Gasteiger charge is -2.36. The number of carboxylic acid groups (broad SMARTS) is 1. The fourth-order valence-corrected chi connectivity index (χ4v) is 1.81. The van der Waals surface area contributed by atoms with Gasteiger partial charge in [-0.15, -0.1) is 0 Å². The van der Waals surface area contributed by atoms with Gasteiger partial charge >= 0.3 is 6.09 Å². The Bertz CT molecular complexity index is 198. The van der Waals surface area contributed by atoms with Crippen LogP contribution in [0.2, 0.25) is 0 Å². The molecule has 0 aromatic carbocycles. The van der Waals surface area contributed by atoms with Gasteiger partial charge in [-0.2, -0.15) is 0 Å². The quantitative estimate of drug-likeness (QED) is 0.692. The molecule has 0 radical (unpaired) electrons. The van der Waals surface area contributed by atoms with E-state index >= 15 is 0 Å². The van der Waals surface area contributed by atoms with Crippen LogP contribution in [0.1, 0.15) is 13.3 Å². The molecule has 5 nitrogen and oxygen atoms in total. The number of piperidine rings is 1. The van der Waals surface area contributed by atoms with Crippen molar-refractivity contribution in [2.45, 2.75) is 19.4 Å². The van der Waals surface area contributed by atoms with Crippen LogP contribution in [0.5, 0.6) is 0 Å². The van der Waals surface area contributed by atoms with Gasteiger partial charge < -0.3 is 20.5 Å². The SMILES string of the molecule is CCO[C@H]1CN(C(=O)O)CC[C@@H]1CN. The van der Waals surface area contributed by atoms with Crippen LogP contribution >= 0.6 is 0 Å². The first-order valence-corrected chi connectivity index (χ1v) is 4.98. The topological polar surface area (TPSA) is 75.8 Å². The number of hydrogen-bond acceptors (Lipinski definition) is 3. The molecule has 2 atom stereocenters. The highest BCUT2D eigenvalue weighted by Crippen LogP contribution is 2.19. The van der Waals surface area contributed by atoms with Crippen LogP contribution in [-0.2, 0) is 4.74 Å². The molecule has 0 aromatic rings. The van der Waals surface area contributed by atoms with E-state index in [9.17, 15) is 4.79 Å². The minimum absolute atomic E-state index is 0.0325. The number of nitrogens with zero attached hydrogens (tertiary/aromatic N) is 1. The second-order valence-corrected chi connectivity index (χ2v) is 3.51. The Kier molecular flexibility index (Phi) is 4.16. The molecule has 82 valence electrons. The lowest BCUT2D eigenvalue weighted by atomic mass is 9.94. The molecule has 0 bridgehead atoms. The van der Waals surface area contributed by atoms with E-state index in [4.69, 9.17) is 15.6 Å². The van der Waals surface area contributed by atoms with E-state index in [0.717, 1.165) is 6.42 Å². The summed E-state index contributed by atoms with van der Waals surface area (Å²) in [5, 5.41) is 8.82. The predicted octanol–water partition coefficient (Wildman–Crippen LogP) is 0.350. The molecule has 1 aliphatic rings. The van der Waals surface area contributed by atoms with Gasteiger partial charge in [-0.3, -0.25) is 0 Å². The second-order valence-electron chi connectivity index (χ2n) is 3.51. The highest BCUT2D eigenvalue weighted by molar-refractivity contribution is 5.65. The van der Waals surface area contributed by atoms with Crippen LogP contribution in [0.25, 0.3) is 0 Å². The Labute approximate surface area is 83.8 Å². The van der Waals surface area contributed by atoms with E-state index in [1.165, 1.54) is 4.90 Å². The molecule has 14 heavy (non-hydrogen) atoms. The van der Waals surface area contributed by atoms with Crippen molar-refractivity contribution in [1.29, 1.82) is 0 Å². The van der Waals surface area contributed by atoms with Gasteiger partial charge in [-0.05, 0) is 19.9 Å². The highest BCUT2D eigenvalue weighted by Gasteiger charge is 2.30. The molecule has 1 heterocycles. The minimum Gasteiger partial charge on any atom is -0.465 e. The first kappa shape index (κ1) is 11.3. The van der Waals surface area contributed by atoms with Gasteiger partial charge in [-0.25, -0.2) is 4.79 Å². The van der Waals surface area contributed by atoms with Crippen molar-refractivity contribution in [1.82, 2.24) is 4.90 Å². The Morgan fingerprint density at radius 2 is 2.43 bits per heavy atom. The van der Waals surface area contributed by atoms with Crippen molar-refractivity contribution in [2.75, 3.05) is 26.2 Å². The average molecular weight is 202 g/mol. The van der Waals surface area contributed by atoms with E-state index < -0.39 is 6.09 Å². The second kappa shape index (κ2) is 5.17. The molecule has 1 amide bonds. The van der Waals surface area contributed by atoms with Gasteiger partial charge in [0.15, 0.2) is 0 Å². The van der Waals surface area contributed by atoms with E-state index in [2.05, 4.69) is 0 Å². The first-order valence-electron chi connectivity index (χ1n) is 4.98. The molecular weight excluding hydrogens is 184 g/mol. The lowest BCUT2D eigenvalue weighted by Crippen LogP contribution is -2.49. The summed E-state index contributed by atoms with van der Waals surface area (Å²) >= 11 is 0. The summed E-state index contributed by atoms with van der Waals surface area (Å²) in [5.74, 6) is 0.297. The molecule has 3 N–H and O–H groups in total. The Morgan fingerprint density at radius 3 is 2.93 bits per heavy atom. The molecule has 1 fully saturated rings. The normalized spacial score (nSPS) is 27.7. The van der Waals surface area contributed by atoms with Crippen molar-refractivity contribution < 1.29 is 14.6 Å². The van der Waals surface area contributed by atoms with Crippen molar-refractivity contribution in [3.05, 3.63) is 0 Å². The zero-order valence-electron chi connectivity index (χ0n) is 8.48. The van der Waals surface area contributed by atoms with Gasteiger partial charge in [0.25, 0.3) is 0 Å². The molecule has 0 aromatic heterocycles. The van der Waals surface area contributed by atoms with E-state index in [1.807, 2.05) is 6.92 Å². The van der Waals surface area contributed by atoms with Crippen molar-refractivity contribution in [3.8, 4) is 0 Å². The van der Waals surface area contributed by atoms with Crippen LogP contribution in [0, 0.1) is 5.92 Å². The number of hydrogen-bond donors (Lipinski definition) is 2. The third kappa shape index (κ3) is 2.59. The molecular formula is C9H18N2O3. The third-order valence-corrected chi connectivity index (χ3v) is 2.65. The monoisotopic (exact) mass is 202 g/mol. The van der Waals surface area contributed by atoms with Crippen LogP contribution < -0.4 is 5.73 Å². The standard InChI is InChI=1S/C9H18N2O3/c1-2-14-8-6-11(9(12)13)4-3-7(8)5-10/h7-8H,2-6,10H2,1H3,(H,12,13)/t7-,8+/m1/s1. The fourth-order valence-electron chi connectivity index (χ4n) is 1.81. The van der Waals surface area contributed by atoms with Crippen molar-refractivity contribution >= 4 is 6.09 Å². The van der Waals surface area contributed by atoms with Gasteiger partial charge in [-0.1, -0.05) is 0 Å². The molecule has 0 saturated carbocycles. The van der Waals surface area contributed by atoms with Crippen molar-refractivity contribution in [2.24, 2.45) is 11.7 Å². The Morgan fingerprint density at radius 1 is 1.71 bits per heavy atom. The highest BCUT2D eigenvalue weighted by atomic mass is 16.5. The van der Waals surface area contributed by atoms with Crippen LogP contribution in [-0.4, -0.2) is 48.4 Å². The van der Waals surface area contributed by atoms with Crippen LogP contribution in [0.15, 0.2) is 0 Å². The summed E-state index contributed by atoms with van der Waals surface area (Å²) in [6, 6.07) is 0. The first-order chi connectivity index (χ1) is 6.69. The number of carbonyl (C=O) groups is 1. The largest absolute Gasteiger partial charge is 0.465 e. The zero-order chi connectivity index (χ0) is 10.6. The maximum Gasteiger partial charge on any atom is 0.407 e. The predicted molar refractivity (Wildman–Crippen MR) is 52.2 cm³/mol. The van der Waals surface area contributed by atoms with Gasteiger partial charge in [0.05, 0.1) is 12.6 Å². The van der Waals surface area contributed by atoms with Crippen molar-refractivity contribution in [3.63, 3.8) is 0 Å². The summed E-state index contributed by atoms with van der Waals surface area (Å²) in [5.41, 5.74) is 5.60. The summed E-state index contributed by atoms with van der Waals surface area (Å²) < 4.78 is 5.48. The number of amides is 1. The molecule has 0 spiro atoms. The molecule has 1 saturated heterocycles. The van der Waals surface area contributed by atoms with Gasteiger partial charge in [0.1, 0.15) is 0 Å². The third-order valence-electron chi connectivity index (χ3n) is 2.65. The smallest absolute Gasteiger partial charge is 0.407 e. The molecule has 0 aliphatic carbocycles. The molecule has 1 rings (SSSR count). The maximum absolute atomic E-state index is 10.7. The van der Waals surface area contributed by atoms with E-state index in [-0.39, 0.29) is 6.10 Å². The number of rotatable bonds is 3. The number of likely N-dealkylation sites (tertiary alicyclic amines) is 1. The van der Waals surface area contributed by atoms with Gasteiger partial charge in [0, 0.05) is 19.1 Å². The summed E-state index contributed by atoms with van der Waals surface area (Å²) in [6.07, 6.45) is -0.104. The molecule has 1 aliphatic heterocycles. The molecule has 5 heteroatoms. The van der Waals surface area contributed by atoms with Gasteiger partial charge in [0.2, 0.25) is 0 Å². The van der Waals surface area contributed by atoms with Crippen LogP contribution in [0.4, 0.5) is 4.79 Å². The number of nitrogens with two attached hydrogens (primary N) is 1. The van der Waals surface area contributed by atoms with E-state index in [0.29, 0.717) is 32.2 Å². The average Bonchev–Trinajstić information content (AvgIpc) is 2.18. The fraction of sp³-hybridized carbons (Fsp3) is 0.889. The summed E-state index contributed by atoms with van der Waals surface area (Å²) in [6.45, 7) is 4.10. The Balaban J connectivity index is 2.52. The maximum atomic E-state index is 10.7.